The van der Waals surface area contributed by atoms with Crippen molar-refractivity contribution >= 4 is 11.8 Å². The highest BCUT2D eigenvalue weighted by Gasteiger charge is 2.15. The normalized spacial score (nSPS) is 10.1. The Morgan fingerprint density at radius 3 is 2.33 bits per heavy atom. The molecule has 0 atom stereocenters. The Morgan fingerprint density at radius 2 is 1.76 bits per heavy atom. The van der Waals surface area contributed by atoms with E-state index in [1.54, 1.807) is 24.3 Å². The fourth-order valence-electron chi connectivity index (χ4n) is 1.97. The van der Waals surface area contributed by atoms with Crippen LogP contribution in [-0.2, 0) is 11.2 Å². The van der Waals surface area contributed by atoms with E-state index in [9.17, 15) is 14.7 Å². The lowest BCUT2D eigenvalue weighted by molar-refractivity contribution is -0.136. The standard InChI is InChI=1S/C16H14O5/c1-21-14-9-12(17)6-7-13(14)16(20)11-4-2-10(3-5-11)8-15(18)19/h2-7,9,17H,8H2,1H3,(H,18,19). The predicted octanol–water partition coefficient (Wildman–Crippen LogP) is 2.26. The molecule has 2 aromatic rings. The molecule has 0 fully saturated rings. The van der Waals surface area contributed by atoms with E-state index in [2.05, 4.69) is 0 Å². The van der Waals surface area contributed by atoms with Crippen LogP contribution in [0.2, 0.25) is 0 Å². The molecule has 0 aromatic heterocycles. The molecule has 2 aromatic carbocycles. The first-order chi connectivity index (χ1) is 10.0. The molecule has 0 heterocycles. The summed E-state index contributed by atoms with van der Waals surface area (Å²) in [5, 5.41) is 18.1. The van der Waals surface area contributed by atoms with E-state index >= 15 is 0 Å². The Morgan fingerprint density at radius 1 is 1.10 bits per heavy atom. The van der Waals surface area contributed by atoms with E-state index in [0.717, 1.165) is 0 Å². The van der Waals surface area contributed by atoms with E-state index in [4.69, 9.17) is 9.84 Å². The molecule has 108 valence electrons. The summed E-state index contributed by atoms with van der Waals surface area (Å²) in [6.45, 7) is 0. The van der Waals surface area contributed by atoms with Crippen LogP contribution in [0.25, 0.3) is 0 Å². The smallest absolute Gasteiger partial charge is 0.307 e. The summed E-state index contributed by atoms with van der Waals surface area (Å²) >= 11 is 0. The average molecular weight is 286 g/mol. The molecule has 0 saturated carbocycles. The van der Waals surface area contributed by atoms with E-state index in [1.165, 1.54) is 25.3 Å². The fraction of sp³-hybridized carbons (Fsp3) is 0.125. The number of ketones is 1. The maximum atomic E-state index is 12.4. The first kappa shape index (κ1) is 14.6. The van der Waals surface area contributed by atoms with Crippen molar-refractivity contribution in [1.29, 1.82) is 0 Å². The number of phenols is 1. The number of benzene rings is 2. The number of aromatic hydroxyl groups is 1. The van der Waals surface area contributed by atoms with Crippen molar-refractivity contribution in [3.63, 3.8) is 0 Å². The first-order valence-corrected chi connectivity index (χ1v) is 6.23. The molecule has 0 aliphatic heterocycles. The van der Waals surface area contributed by atoms with Crippen LogP contribution in [0.1, 0.15) is 21.5 Å². The van der Waals surface area contributed by atoms with Gasteiger partial charge in [-0.3, -0.25) is 9.59 Å². The number of carbonyl (C=O) groups is 2. The second-order valence-corrected chi connectivity index (χ2v) is 4.48. The van der Waals surface area contributed by atoms with Gasteiger partial charge < -0.3 is 14.9 Å². The number of aliphatic carboxylic acids is 1. The van der Waals surface area contributed by atoms with Crippen LogP contribution in [0.4, 0.5) is 0 Å². The molecule has 0 bridgehead atoms. The Bertz CT molecular complexity index is 674. The van der Waals surface area contributed by atoms with Gasteiger partial charge in [0.25, 0.3) is 0 Å². The molecule has 2 rings (SSSR count). The van der Waals surface area contributed by atoms with Crippen LogP contribution in [0.15, 0.2) is 42.5 Å². The maximum Gasteiger partial charge on any atom is 0.307 e. The van der Waals surface area contributed by atoms with Crippen LogP contribution in [0.5, 0.6) is 11.5 Å². The highest BCUT2D eigenvalue weighted by Crippen LogP contribution is 2.26. The molecule has 5 nitrogen and oxygen atoms in total. The highest BCUT2D eigenvalue weighted by molar-refractivity contribution is 6.10. The van der Waals surface area contributed by atoms with Gasteiger partial charge >= 0.3 is 5.97 Å². The maximum absolute atomic E-state index is 12.4. The van der Waals surface area contributed by atoms with E-state index < -0.39 is 5.97 Å². The third-order valence-corrected chi connectivity index (χ3v) is 3.00. The van der Waals surface area contributed by atoms with Crippen LogP contribution in [0, 0.1) is 0 Å². The van der Waals surface area contributed by atoms with Crippen molar-refractivity contribution in [2.45, 2.75) is 6.42 Å². The summed E-state index contributed by atoms with van der Waals surface area (Å²) in [6, 6.07) is 10.6. The summed E-state index contributed by atoms with van der Waals surface area (Å²) in [5.41, 5.74) is 1.38. The number of rotatable bonds is 5. The predicted molar refractivity (Wildman–Crippen MR) is 75.9 cm³/mol. The number of carboxylic acid groups (broad SMARTS) is 1. The first-order valence-electron chi connectivity index (χ1n) is 6.23. The number of carbonyl (C=O) groups excluding carboxylic acids is 1. The van der Waals surface area contributed by atoms with Crippen molar-refractivity contribution in [2.24, 2.45) is 0 Å². The topological polar surface area (TPSA) is 83.8 Å². The van der Waals surface area contributed by atoms with Gasteiger partial charge in [0.15, 0.2) is 5.78 Å². The lowest BCUT2D eigenvalue weighted by atomic mass is 10.0. The van der Waals surface area contributed by atoms with Crippen molar-refractivity contribution in [3.8, 4) is 11.5 Å². The van der Waals surface area contributed by atoms with E-state index in [1.807, 2.05) is 0 Å². The largest absolute Gasteiger partial charge is 0.508 e. The van der Waals surface area contributed by atoms with Crippen LogP contribution in [0.3, 0.4) is 0 Å². The van der Waals surface area contributed by atoms with Gasteiger partial charge in [-0.15, -0.1) is 0 Å². The summed E-state index contributed by atoms with van der Waals surface area (Å²) in [5.74, 6) is -0.877. The van der Waals surface area contributed by atoms with Gasteiger partial charge in [-0.05, 0) is 17.7 Å². The van der Waals surface area contributed by atoms with Crippen LogP contribution in [-0.4, -0.2) is 29.1 Å². The molecule has 0 unspecified atom stereocenters. The highest BCUT2D eigenvalue weighted by atomic mass is 16.5. The number of methoxy groups -OCH3 is 1. The van der Waals surface area contributed by atoms with Gasteiger partial charge in [0.1, 0.15) is 11.5 Å². The molecular weight excluding hydrogens is 272 g/mol. The molecular formula is C16H14O5. The van der Waals surface area contributed by atoms with E-state index in [0.29, 0.717) is 16.7 Å². The van der Waals surface area contributed by atoms with Crippen LogP contribution < -0.4 is 4.74 Å². The van der Waals surface area contributed by atoms with Gasteiger partial charge in [-0.1, -0.05) is 24.3 Å². The van der Waals surface area contributed by atoms with Crippen molar-refractivity contribution in [3.05, 3.63) is 59.2 Å². The Kier molecular flexibility index (Phi) is 4.23. The molecule has 0 amide bonds. The minimum Gasteiger partial charge on any atom is -0.508 e. The number of hydrogen-bond donors (Lipinski definition) is 2. The van der Waals surface area contributed by atoms with Gasteiger partial charge in [0, 0.05) is 11.6 Å². The van der Waals surface area contributed by atoms with Gasteiger partial charge in [0.2, 0.25) is 0 Å². The zero-order valence-corrected chi connectivity index (χ0v) is 11.4. The molecule has 0 saturated heterocycles. The number of phenolic OH excluding ortho intramolecular Hbond substituents is 1. The number of carboxylic acids is 1. The summed E-state index contributed by atoms with van der Waals surface area (Å²) in [6.07, 6.45) is -0.0863. The Balaban J connectivity index is 2.30. The number of ether oxygens (including phenoxy) is 1. The lowest BCUT2D eigenvalue weighted by Crippen LogP contribution is -2.05. The van der Waals surface area contributed by atoms with Gasteiger partial charge in [-0.2, -0.15) is 0 Å². The Labute approximate surface area is 121 Å². The second-order valence-electron chi connectivity index (χ2n) is 4.48. The quantitative estimate of drug-likeness (QED) is 0.824. The van der Waals surface area contributed by atoms with Gasteiger partial charge in [0.05, 0.1) is 19.1 Å². The molecule has 21 heavy (non-hydrogen) atoms. The molecule has 0 spiro atoms. The third-order valence-electron chi connectivity index (χ3n) is 3.00. The van der Waals surface area contributed by atoms with Crippen molar-refractivity contribution < 1.29 is 24.5 Å². The third kappa shape index (κ3) is 3.39. The molecule has 0 aliphatic carbocycles. The SMILES string of the molecule is COc1cc(O)ccc1C(=O)c1ccc(CC(=O)O)cc1. The summed E-state index contributed by atoms with van der Waals surface area (Å²) < 4.78 is 5.09. The zero-order valence-electron chi connectivity index (χ0n) is 11.4. The second kappa shape index (κ2) is 6.09. The van der Waals surface area contributed by atoms with E-state index in [-0.39, 0.29) is 23.7 Å². The zero-order chi connectivity index (χ0) is 15.4. The van der Waals surface area contributed by atoms with Gasteiger partial charge in [-0.25, -0.2) is 0 Å². The van der Waals surface area contributed by atoms with Crippen molar-refractivity contribution in [2.75, 3.05) is 7.11 Å². The monoisotopic (exact) mass is 286 g/mol. The molecule has 5 heteroatoms. The summed E-state index contributed by atoms with van der Waals surface area (Å²) in [4.78, 5) is 23.0. The molecule has 2 N–H and O–H groups in total. The Hall–Kier alpha value is -2.82. The number of hydrogen-bond acceptors (Lipinski definition) is 4. The summed E-state index contributed by atoms with van der Waals surface area (Å²) in [7, 11) is 1.42. The van der Waals surface area contributed by atoms with Crippen LogP contribution >= 0.6 is 0 Å². The molecule has 0 aliphatic rings. The molecule has 0 radical (unpaired) electrons. The minimum atomic E-state index is -0.922. The minimum absolute atomic E-state index is 0.0141. The van der Waals surface area contributed by atoms with Crippen molar-refractivity contribution in [1.82, 2.24) is 0 Å². The average Bonchev–Trinajstić information content (AvgIpc) is 2.46. The fourth-order valence-corrected chi connectivity index (χ4v) is 1.97. The lowest BCUT2D eigenvalue weighted by Gasteiger charge is -2.08.